The van der Waals surface area contributed by atoms with Crippen molar-refractivity contribution in [3.63, 3.8) is 0 Å². The maximum absolute atomic E-state index is 11.9. The van der Waals surface area contributed by atoms with Crippen molar-refractivity contribution in [3.05, 3.63) is 11.6 Å². The normalized spacial score (nSPS) is 18.2. The molecule has 0 saturated carbocycles. The Balaban J connectivity index is 2.43. The summed E-state index contributed by atoms with van der Waals surface area (Å²) in [4.78, 5) is 13.7. The van der Waals surface area contributed by atoms with E-state index in [1.807, 2.05) is 11.8 Å². The minimum atomic E-state index is -0.331. The molecule has 1 rings (SSSR count). The third-order valence-corrected chi connectivity index (χ3v) is 2.86. The molecule has 0 aromatic carbocycles. The van der Waals surface area contributed by atoms with Crippen LogP contribution in [0.3, 0.4) is 0 Å². The van der Waals surface area contributed by atoms with Gasteiger partial charge in [-0.3, -0.25) is 4.79 Å². The maximum atomic E-state index is 11.9. The van der Waals surface area contributed by atoms with Crippen molar-refractivity contribution in [2.45, 2.75) is 32.2 Å². The number of hydrogen-bond acceptors (Lipinski definition) is 3. The van der Waals surface area contributed by atoms with Gasteiger partial charge in [0.1, 0.15) is 0 Å². The van der Waals surface area contributed by atoms with Crippen LogP contribution in [0.15, 0.2) is 11.6 Å². The zero-order chi connectivity index (χ0) is 12.0. The third-order valence-electron chi connectivity index (χ3n) is 2.86. The molecule has 1 aliphatic rings. The van der Waals surface area contributed by atoms with Crippen LogP contribution in [0.1, 0.15) is 26.2 Å². The predicted octanol–water partition coefficient (Wildman–Crippen LogP) is 0.919. The molecule has 1 aliphatic heterocycles. The minimum absolute atomic E-state index is 0.0783. The summed E-state index contributed by atoms with van der Waals surface area (Å²) in [6.45, 7) is 4.16. The van der Waals surface area contributed by atoms with Gasteiger partial charge < -0.3 is 15.4 Å². The van der Waals surface area contributed by atoms with Gasteiger partial charge in [-0.25, -0.2) is 0 Å². The number of rotatable bonds is 5. The molecule has 0 aromatic heterocycles. The molecule has 0 spiro atoms. The molecule has 0 radical (unpaired) electrons. The minimum Gasteiger partial charge on any atom is -0.380 e. The molecule has 1 heterocycles. The number of nitrogens with zero attached hydrogens (tertiary/aromatic N) is 1. The first kappa shape index (κ1) is 13.2. The second-order valence-electron chi connectivity index (χ2n) is 4.22. The van der Waals surface area contributed by atoms with E-state index >= 15 is 0 Å². The van der Waals surface area contributed by atoms with Crippen molar-refractivity contribution in [1.82, 2.24) is 4.90 Å². The van der Waals surface area contributed by atoms with Crippen LogP contribution >= 0.6 is 0 Å². The highest BCUT2D eigenvalue weighted by atomic mass is 16.5. The topological polar surface area (TPSA) is 55.6 Å². The highest BCUT2D eigenvalue weighted by molar-refractivity contribution is 5.81. The molecule has 0 aromatic rings. The number of amides is 1. The molecule has 4 heteroatoms. The lowest BCUT2D eigenvalue weighted by Gasteiger charge is -2.28. The lowest BCUT2D eigenvalue weighted by Crippen LogP contribution is -2.45. The van der Waals surface area contributed by atoms with Gasteiger partial charge in [0.15, 0.2) is 0 Å². The summed E-state index contributed by atoms with van der Waals surface area (Å²) in [5.74, 6) is 0.0783. The molecule has 1 atom stereocenters. The Bertz CT molecular complexity index is 264. The van der Waals surface area contributed by atoms with E-state index in [0.717, 1.165) is 25.8 Å². The van der Waals surface area contributed by atoms with Gasteiger partial charge in [-0.2, -0.15) is 0 Å². The molecule has 0 aliphatic carbocycles. The van der Waals surface area contributed by atoms with E-state index in [1.54, 1.807) is 7.11 Å². The van der Waals surface area contributed by atoms with Crippen molar-refractivity contribution in [3.8, 4) is 0 Å². The van der Waals surface area contributed by atoms with Crippen molar-refractivity contribution in [1.29, 1.82) is 0 Å². The predicted molar refractivity (Wildman–Crippen MR) is 64.0 cm³/mol. The molecule has 0 unspecified atom stereocenters. The van der Waals surface area contributed by atoms with Crippen molar-refractivity contribution in [2.75, 3.05) is 26.8 Å². The molecule has 0 saturated heterocycles. The lowest BCUT2D eigenvalue weighted by molar-refractivity contribution is -0.132. The molecule has 2 N–H and O–H groups in total. The van der Waals surface area contributed by atoms with Crippen molar-refractivity contribution in [2.24, 2.45) is 5.73 Å². The van der Waals surface area contributed by atoms with Gasteiger partial charge in [-0.15, -0.1) is 0 Å². The molecular weight excluding hydrogens is 204 g/mol. The number of ether oxygens (including phenoxy) is 1. The van der Waals surface area contributed by atoms with Crippen LogP contribution in [0, 0.1) is 0 Å². The maximum Gasteiger partial charge on any atom is 0.239 e. The van der Waals surface area contributed by atoms with Crippen LogP contribution in [0.5, 0.6) is 0 Å². The first-order chi connectivity index (χ1) is 7.69. The zero-order valence-corrected chi connectivity index (χ0v) is 10.2. The van der Waals surface area contributed by atoms with Crippen LogP contribution in [0.25, 0.3) is 0 Å². The Morgan fingerprint density at radius 2 is 2.44 bits per heavy atom. The third kappa shape index (κ3) is 3.61. The van der Waals surface area contributed by atoms with Crippen LogP contribution < -0.4 is 5.73 Å². The fourth-order valence-electron chi connectivity index (χ4n) is 1.90. The van der Waals surface area contributed by atoms with E-state index in [0.29, 0.717) is 13.2 Å². The molecule has 16 heavy (non-hydrogen) atoms. The average molecular weight is 226 g/mol. The first-order valence-corrected chi connectivity index (χ1v) is 5.90. The number of carbonyl (C=O) groups is 1. The SMILES string of the molecule is CCC[C@@H](N)C(=O)N1CC=C(COC)CC1. The molecule has 0 fully saturated rings. The first-order valence-electron chi connectivity index (χ1n) is 5.90. The van der Waals surface area contributed by atoms with E-state index in [2.05, 4.69) is 6.08 Å². The van der Waals surface area contributed by atoms with Crippen molar-refractivity contribution < 1.29 is 9.53 Å². The molecule has 92 valence electrons. The summed E-state index contributed by atoms with van der Waals surface area (Å²) in [5.41, 5.74) is 7.09. The summed E-state index contributed by atoms with van der Waals surface area (Å²) in [5, 5.41) is 0. The number of carbonyl (C=O) groups excluding carboxylic acids is 1. The van der Waals surface area contributed by atoms with Crippen LogP contribution in [-0.4, -0.2) is 43.7 Å². The van der Waals surface area contributed by atoms with Gasteiger partial charge in [0.25, 0.3) is 0 Å². The number of nitrogens with two attached hydrogens (primary N) is 1. The molecule has 4 nitrogen and oxygen atoms in total. The quantitative estimate of drug-likeness (QED) is 0.709. The lowest BCUT2D eigenvalue weighted by atomic mass is 10.1. The van der Waals surface area contributed by atoms with Crippen LogP contribution in [-0.2, 0) is 9.53 Å². The monoisotopic (exact) mass is 226 g/mol. The van der Waals surface area contributed by atoms with Gasteiger partial charge >= 0.3 is 0 Å². The fourth-order valence-corrected chi connectivity index (χ4v) is 1.90. The summed E-state index contributed by atoms with van der Waals surface area (Å²) >= 11 is 0. The van der Waals surface area contributed by atoms with E-state index in [1.165, 1.54) is 5.57 Å². The zero-order valence-electron chi connectivity index (χ0n) is 10.2. The Hall–Kier alpha value is -0.870. The Morgan fingerprint density at radius 3 is 2.94 bits per heavy atom. The van der Waals surface area contributed by atoms with Crippen LogP contribution in [0.2, 0.25) is 0 Å². The molecule has 0 bridgehead atoms. The Labute approximate surface area is 97.4 Å². The standard InChI is InChI=1S/C12H22N2O2/c1-3-4-11(13)12(15)14-7-5-10(6-8-14)9-16-2/h5,11H,3-4,6-9,13H2,1-2H3/t11-/m1/s1. The fraction of sp³-hybridized carbons (Fsp3) is 0.750. The second-order valence-corrected chi connectivity index (χ2v) is 4.22. The molecular formula is C12H22N2O2. The van der Waals surface area contributed by atoms with Gasteiger partial charge in [0, 0.05) is 20.2 Å². The van der Waals surface area contributed by atoms with E-state index in [-0.39, 0.29) is 11.9 Å². The van der Waals surface area contributed by atoms with Crippen LogP contribution in [0.4, 0.5) is 0 Å². The summed E-state index contributed by atoms with van der Waals surface area (Å²) in [6, 6.07) is -0.331. The van der Waals surface area contributed by atoms with Gasteiger partial charge in [-0.1, -0.05) is 19.4 Å². The number of methoxy groups -OCH3 is 1. The van der Waals surface area contributed by atoms with E-state index < -0.39 is 0 Å². The highest BCUT2D eigenvalue weighted by Crippen LogP contribution is 2.12. The van der Waals surface area contributed by atoms with Gasteiger partial charge in [0.05, 0.1) is 12.6 Å². The van der Waals surface area contributed by atoms with Gasteiger partial charge in [-0.05, 0) is 18.4 Å². The second kappa shape index (κ2) is 6.66. The largest absolute Gasteiger partial charge is 0.380 e. The smallest absolute Gasteiger partial charge is 0.239 e. The molecule has 1 amide bonds. The summed E-state index contributed by atoms with van der Waals surface area (Å²) in [6.07, 6.45) is 4.69. The Morgan fingerprint density at radius 1 is 1.69 bits per heavy atom. The Kier molecular flexibility index (Phi) is 5.49. The van der Waals surface area contributed by atoms with E-state index in [4.69, 9.17) is 10.5 Å². The average Bonchev–Trinajstić information content (AvgIpc) is 2.30. The van der Waals surface area contributed by atoms with Gasteiger partial charge in [0.2, 0.25) is 5.91 Å². The highest BCUT2D eigenvalue weighted by Gasteiger charge is 2.21. The summed E-state index contributed by atoms with van der Waals surface area (Å²) < 4.78 is 5.07. The van der Waals surface area contributed by atoms with E-state index in [9.17, 15) is 4.79 Å². The number of hydrogen-bond donors (Lipinski definition) is 1. The van der Waals surface area contributed by atoms with Crippen molar-refractivity contribution >= 4 is 5.91 Å². The summed E-state index contributed by atoms with van der Waals surface area (Å²) in [7, 11) is 1.69.